The summed E-state index contributed by atoms with van der Waals surface area (Å²) >= 11 is 0. The summed E-state index contributed by atoms with van der Waals surface area (Å²) in [5.74, 6) is 0.678. The molecule has 4 heteroatoms. The van der Waals surface area contributed by atoms with Crippen LogP contribution in [-0.2, 0) is 0 Å². The van der Waals surface area contributed by atoms with Crippen LogP contribution in [-0.4, -0.2) is 19.5 Å². The van der Waals surface area contributed by atoms with Gasteiger partial charge in [-0.1, -0.05) is 182 Å². The Bertz CT molecular complexity index is 3600. The van der Waals surface area contributed by atoms with Gasteiger partial charge in [0, 0.05) is 44.1 Å². The molecule has 0 atom stereocenters. The van der Waals surface area contributed by atoms with Crippen molar-refractivity contribution in [1.82, 2.24) is 19.5 Å². The maximum Gasteiger partial charge on any atom is 0.160 e. The molecule has 0 spiro atoms. The van der Waals surface area contributed by atoms with Crippen molar-refractivity contribution in [3.8, 4) is 73.1 Å². The van der Waals surface area contributed by atoms with E-state index in [0.717, 1.165) is 67.1 Å². The number of fused-ring (bicyclic) bond motifs is 6. The Kier molecular flexibility index (Phi) is 8.79. The van der Waals surface area contributed by atoms with E-state index in [1.54, 1.807) is 0 Å². The number of aromatic nitrogens is 4. The van der Waals surface area contributed by atoms with E-state index in [-0.39, 0.29) is 0 Å². The van der Waals surface area contributed by atoms with Gasteiger partial charge in [-0.25, -0.2) is 15.0 Å². The third-order valence-corrected chi connectivity index (χ3v) is 12.2. The van der Waals surface area contributed by atoms with Crippen LogP contribution in [0, 0.1) is 0 Å². The molecule has 0 saturated heterocycles. The van der Waals surface area contributed by atoms with Crippen LogP contribution in [0.5, 0.6) is 0 Å². The third kappa shape index (κ3) is 6.53. The summed E-state index contributed by atoms with van der Waals surface area (Å²) in [7, 11) is 0. The molecule has 9 aromatic carbocycles. The zero-order valence-corrected chi connectivity index (χ0v) is 34.2. The molecule has 0 fully saturated rings. The summed E-state index contributed by atoms with van der Waals surface area (Å²) in [4.78, 5) is 15.7. The molecular weight excluding hydrogens is 765 g/mol. The number of benzene rings is 9. The van der Waals surface area contributed by atoms with Crippen LogP contribution < -0.4 is 0 Å². The van der Waals surface area contributed by atoms with Crippen LogP contribution in [0.1, 0.15) is 0 Å². The van der Waals surface area contributed by atoms with E-state index in [2.05, 4.69) is 223 Å². The maximum absolute atomic E-state index is 5.26. The summed E-state index contributed by atoms with van der Waals surface area (Å²) < 4.78 is 2.35. The Labute approximate surface area is 365 Å². The van der Waals surface area contributed by atoms with Crippen LogP contribution in [0.15, 0.2) is 231 Å². The zero-order valence-electron chi connectivity index (χ0n) is 34.2. The van der Waals surface area contributed by atoms with E-state index >= 15 is 0 Å². The minimum atomic E-state index is 0.678. The van der Waals surface area contributed by atoms with Crippen molar-refractivity contribution in [2.45, 2.75) is 0 Å². The lowest BCUT2D eigenvalue weighted by molar-refractivity contribution is 1.16. The zero-order chi connectivity index (χ0) is 41.7. The highest BCUT2D eigenvalue weighted by Gasteiger charge is 2.17. The second kappa shape index (κ2) is 15.2. The van der Waals surface area contributed by atoms with Crippen molar-refractivity contribution in [2.24, 2.45) is 0 Å². The average molecular weight is 803 g/mol. The molecule has 0 N–H and O–H groups in total. The Morgan fingerprint density at radius 3 is 1.49 bits per heavy atom. The quantitative estimate of drug-likeness (QED) is 0.151. The molecule has 0 amide bonds. The highest BCUT2D eigenvalue weighted by atomic mass is 15.0. The Morgan fingerprint density at radius 2 is 0.825 bits per heavy atom. The number of nitrogens with zero attached hydrogens (tertiary/aromatic N) is 4. The van der Waals surface area contributed by atoms with Crippen LogP contribution in [0.2, 0.25) is 0 Å². The molecule has 0 bridgehead atoms. The molecule has 63 heavy (non-hydrogen) atoms. The van der Waals surface area contributed by atoms with Crippen molar-refractivity contribution in [1.29, 1.82) is 0 Å². The molecule has 0 unspecified atom stereocenters. The van der Waals surface area contributed by atoms with Gasteiger partial charge in [0.1, 0.15) is 0 Å². The van der Waals surface area contributed by atoms with E-state index in [0.29, 0.717) is 5.82 Å². The van der Waals surface area contributed by atoms with Gasteiger partial charge in [-0.05, 0) is 81.6 Å². The molecule has 0 radical (unpaired) electrons. The van der Waals surface area contributed by atoms with E-state index < -0.39 is 0 Å². The second-order valence-corrected chi connectivity index (χ2v) is 16.0. The first-order valence-corrected chi connectivity index (χ1v) is 21.3. The Morgan fingerprint density at radius 1 is 0.302 bits per heavy atom. The number of hydrogen-bond acceptors (Lipinski definition) is 3. The minimum Gasteiger partial charge on any atom is -0.309 e. The van der Waals surface area contributed by atoms with E-state index in [9.17, 15) is 0 Å². The molecule has 4 nitrogen and oxygen atoms in total. The number of para-hydroxylation sites is 2. The largest absolute Gasteiger partial charge is 0.309 e. The van der Waals surface area contributed by atoms with Crippen LogP contribution in [0.3, 0.4) is 0 Å². The van der Waals surface area contributed by atoms with E-state index in [1.807, 2.05) is 12.1 Å². The summed E-state index contributed by atoms with van der Waals surface area (Å²) in [6.07, 6.45) is 0. The van der Waals surface area contributed by atoms with Gasteiger partial charge < -0.3 is 4.57 Å². The van der Waals surface area contributed by atoms with Gasteiger partial charge in [-0.15, -0.1) is 0 Å². The van der Waals surface area contributed by atoms with Crippen LogP contribution in [0.4, 0.5) is 0 Å². The standard InChI is InChI=1S/C59H38N4/c1-4-15-40(16-5-1)51-37-53(42-17-6-2-7-18-42)60-52-34-33-41-29-32-45(36-50(41)58(51)52)39-27-30-44(31-28-39)59-61-54(43-19-8-3-9-20-43)38-55(62-59)46-21-14-22-47(35-46)63-56-25-12-10-23-48(56)49-24-11-13-26-57(49)63/h1-38H. The van der Waals surface area contributed by atoms with Crippen molar-refractivity contribution in [3.05, 3.63) is 231 Å². The molecule has 12 rings (SSSR count). The summed E-state index contributed by atoms with van der Waals surface area (Å²) in [6, 6.07) is 81.5. The summed E-state index contributed by atoms with van der Waals surface area (Å²) in [5.41, 5.74) is 15.8. The van der Waals surface area contributed by atoms with Crippen molar-refractivity contribution < 1.29 is 0 Å². The number of pyridine rings is 1. The first kappa shape index (κ1) is 36.4. The lowest BCUT2D eigenvalue weighted by Gasteiger charge is -2.14. The van der Waals surface area contributed by atoms with Gasteiger partial charge >= 0.3 is 0 Å². The number of hydrogen-bond donors (Lipinski definition) is 0. The third-order valence-electron chi connectivity index (χ3n) is 12.2. The second-order valence-electron chi connectivity index (χ2n) is 16.0. The van der Waals surface area contributed by atoms with Crippen molar-refractivity contribution in [2.75, 3.05) is 0 Å². The topological polar surface area (TPSA) is 43.6 Å². The summed E-state index contributed by atoms with van der Waals surface area (Å²) in [6.45, 7) is 0. The molecule has 294 valence electrons. The fourth-order valence-corrected chi connectivity index (χ4v) is 9.13. The first-order valence-electron chi connectivity index (χ1n) is 21.3. The van der Waals surface area contributed by atoms with Gasteiger partial charge in [0.2, 0.25) is 0 Å². The highest BCUT2D eigenvalue weighted by molar-refractivity contribution is 6.15. The average Bonchev–Trinajstić information content (AvgIpc) is 3.71. The predicted octanol–water partition coefficient (Wildman–Crippen LogP) is 15.3. The summed E-state index contributed by atoms with van der Waals surface area (Å²) in [5, 5.41) is 5.97. The lowest BCUT2D eigenvalue weighted by Crippen LogP contribution is -1.98. The molecule has 0 aliphatic carbocycles. The molecule has 0 aliphatic rings. The van der Waals surface area contributed by atoms with E-state index in [4.69, 9.17) is 15.0 Å². The van der Waals surface area contributed by atoms with Crippen LogP contribution in [0.25, 0.3) is 117 Å². The number of rotatable bonds is 7. The van der Waals surface area contributed by atoms with Crippen molar-refractivity contribution >= 4 is 43.5 Å². The predicted molar refractivity (Wildman–Crippen MR) is 262 cm³/mol. The van der Waals surface area contributed by atoms with Gasteiger partial charge in [0.15, 0.2) is 5.82 Å². The van der Waals surface area contributed by atoms with Gasteiger partial charge in [-0.2, -0.15) is 0 Å². The normalized spacial score (nSPS) is 11.5. The molecule has 0 aliphatic heterocycles. The monoisotopic (exact) mass is 802 g/mol. The van der Waals surface area contributed by atoms with Gasteiger partial charge in [-0.3, -0.25) is 0 Å². The maximum atomic E-state index is 5.26. The Hall–Kier alpha value is -8.47. The van der Waals surface area contributed by atoms with Crippen molar-refractivity contribution in [3.63, 3.8) is 0 Å². The van der Waals surface area contributed by atoms with E-state index in [1.165, 1.54) is 43.7 Å². The fourth-order valence-electron chi connectivity index (χ4n) is 9.13. The molecule has 3 aromatic heterocycles. The highest BCUT2D eigenvalue weighted by Crippen LogP contribution is 2.39. The molecule has 12 aromatic rings. The first-order chi connectivity index (χ1) is 31.2. The smallest absolute Gasteiger partial charge is 0.160 e. The van der Waals surface area contributed by atoms with Gasteiger partial charge in [0.05, 0.1) is 33.6 Å². The lowest BCUT2D eigenvalue weighted by atomic mass is 9.92. The Balaban J connectivity index is 0.955. The van der Waals surface area contributed by atoms with Crippen LogP contribution >= 0.6 is 0 Å². The molecule has 0 saturated carbocycles. The molecular formula is C59H38N4. The SMILES string of the molecule is c1ccc(-c2cc(-c3cccc(-n4c5ccccc5c5ccccc54)c3)nc(-c3ccc(-c4ccc5ccc6nc(-c7ccccc7)cc(-c7ccccc7)c6c5c4)cc3)n2)cc1. The van der Waals surface area contributed by atoms with Gasteiger partial charge in [0.25, 0.3) is 0 Å². The molecule has 3 heterocycles. The fraction of sp³-hybridized carbons (Fsp3) is 0. The minimum absolute atomic E-state index is 0.678.